The lowest BCUT2D eigenvalue weighted by molar-refractivity contribution is 0.403. The standard InChI is InChI=1S/C10H12N4O3/c11-6(9-12-10(17)14-13-9)3-5-1-2-7(15)8(16)4-5/h1-2,4,6,15-16H,3,11H2,(H2,12,13,14,17). The van der Waals surface area contributed by atoms with E-state index in [-0.39, 0.29) is 11.5 Å². The molecular formula is C10H12N4O3. The number of nitrogens with two attached hydrogens (primary N) is 1. The molecule has 2 aromatic rings. The monoisotopic (exact) mass is 236 g/mol. The molecule has 0 fully saturated rings. The Morgan fingerprint density at radius 2 is 2.12 bits per heavy atom. The third-order valence-electron chi connectivity index (χ3n) is 2.37. The van der Waals surface area contributed by atoms with Crippen molar-refractivity contribution in [3.8, 4) is 11.5 Å². The predicted molar refractivity (Wildman–Crippen MR) is 59.6 cm³/mol. The van der Waals surface area contributed by atoms with Crippen LogP contribution in [0.5, 0.6) is 11.5 Å². The number of H-pyrrole nitrogens is 2. The van der Waals surface area contributed by atoms with Crippen molar-refractivity contribution in [2.45, 2.75) is 12.5 Å². The van der Waals surface area contributed by atoms with E-state index in [9.17, 15) is 9.90 Å². The summed E-state index contributed by atoms with van der Waals surface area (Å²) in [6, 6.07) is 3.95. The van der Waals surface area contributed by atoms with Crippen molar-refractivity contribution in [3.05, 3.63) is 40.1 Å². The number of benzene rings is 1. The Hall–Kier alpha value is -2.28. The summed E-state index contributed by atoms with van der Waals surface area (Å²) in [5, 5.41) is 24.4. The minimum absolute atomic E-state index is 0.185. The van der Waals surface area contributed by atoms with Gasteiger partial charge in [-0.05, 0) is 24.1 Å². The summed E-state index contributed by atoms with van der Waals surface area (Å²) in [5.74, 6) is -0.0386. The van der Waals surface area contributed by atoms with Crippen LogP contribution < -0.4 is 11.4 Å². The van der Waals surface area contributed by atoms with Crippen molar-refractivity contribution in [3.63, 3.8) is 0 Å². The molecular weight excluding hydrogens is 224 g/mol. The maximum absolute atomic E-state index is 10.8. The van der Waals surface area contributed by atoms with Gasteiger partial charge in [-0.25, -0.2) is 9.89 Å². The van der Waals surface area contributed by atoms with Crippen LogP contribution in [0.4, 0.5) is 0 Å². The fourth-order valence-electron chi connectivity index (χ4n) is 1.51. The van der Waals surface area contributed by atoms with Crippen LogP contribution in [-0.4, -0.2) is 25.4 Å². The number of aromatic hydroxyl groups is 2. The molecule has 0 aliphatic carbocycles. The SMILES string of the molecule is NC(Cc1ccc(O)c(O)c1)c1n[nH]c(=O)[nH]1. The molecule has 1 aromatic heterocycles. The molecule has 0 amide bonds. The number of phenolic OH excluding ortho intramolecular Hbond substituents is 2. The number of aromatic nitrogens is 3. The average molecular weight is 236 g/mol. The Labute approximate surface area is 95.9 Å². The minimum atomic E-state index is -0.488. The van der Waals surface area contributed by atoms with Crippen LogP contribution in [0, 0.1) is 0 Å². The maximum atomic E-state index is 10.8. The molecule has 1 aromatic carbocycles. The first kappa shape index (κ1) is 11.2. The van der Waals surface area contributed by atoms with Gasteiger partial charge in [-0.15, -0.1) is 0 Å². The first-order valence-corrected chi connectivity index (χ1v) is 4.97. The summed E-state index contributed by atoms with van der Waals surface area (Å²) in [6.07, 6.45) is 0.384. The van der Waals surface area contributed by atoms with Crippen LogP contribution in [0.3, 0.4) is 0 Å². The third-order valence-corrected chi connectivity index (χ3v) is 2.37. The van der Waals surface area contributed by atoms with Crippen LogP contribution >= 0.6 is 0 Å². The summed E-state index contributed by atoms with van der Waals surface area (Å²) in [5.41, 5.74) is 6.15. The number of phenols is 2. The lowest BCUT2D eigenvalue weighted by atomic mass is 10.1. The number of hydrogen-bond donors (Lipinski definition) is 5. The van der Waals surface area contributed by atoms with Crippen LogP contribution in [-0.2, 0) is 6.42 Å². The highest BCUT2D eigenvalue weighted by atomic mass is 16.3. The van der Waals surface area contributed by atoms with Crippen molar-refractivity contribution in [1.82, 2.24) is 15.2 Å². The molecule has 0 aliphatic heterocycles. The Morgan fingerprint density at radius 1 is 1.35 bits per heavy atom. The molecule has 0 saturated carbocycles. The topological polar surface area (TPSA) is 128 Å². The van der Waals surface area contributed by atoms with Gasteiger partial charge in [0, 0.05) is 0 Å². The molecule has 0 saturated heterocycles. The van der Waals surface area contributed by atoms with Crippen molar-refractivity contribution >= 4 is 0 Å². The smallest absolute Gasteiger partial charge is 0.340 e. The van der Waals surface area contributed by atoms with Gasteiger partial charge in [0.05, 0.1) is 6.04 Å². The molecule has 1 heterocycles. The molecule has 0 spiro atoms. The van der Waals surface area contributed by atoms with Gasteiger partial charge >= 0.3 is 5.69 Å². The second-order valence-electron chi connectivity index (χ2n) is 3.70. The average Bonchev–Trinajstić information content (AvgIpc) is 2.70. The van der Waals surface area contributed by atoms with Crippen LogP contribution in [0.1, 0.15) is 17.4 Å². The van der Waals surface area contributed by atoms with E-state index in [4.69, 9.17) is 10.8 Å². The molecule has 2 rings (SSSR count). The summed E-state index contributed by atoms with van der Waals surface area (Å²) in [6.45, 7) is 0. The van der Waals surface area contributed by atoms with Gasteiger partial charge in [0.1, 0.15) is 5.82 Å². The van der Waals surface area contributed by atoms with Gasteiger partial charge in [-0.2, -0.15) is 5.10 Å². The molecule has 17 heavy (non-hydrogen) atoms. The van der Waals surface area contributed by atoms with E-state index in [0.29, 0.717) is 12.2 Å². The highest BCUT2D eigenvalue weighted by Crippen LogP contribution is 2.26. The fraction of sp³-hybridized carbons (Fsp3) is 0.200. The fourth-order valence-corrected chi connectivity index (χ4v) is 1.51. The molecule has 7 nitrogen and oxygen atoms in total. The van der Waals surface area contributed by atoms with Gasteiger partial charge in [-0.1, -0.05) is 6.07 Å². The Balaban J connectivity index is 2.15. The molecule has 7 heteroatoms. The first-order valence-electron chi connectivity index (χ1n) is 4.97. The Bertz CT molecular complexity index is 575. The molecule has 90 valence electrons. The molecule has 0 radical (unpaired) electrons. The Morgan fingerprint density at radius 3 is 2.71 bits per heavy atom. The summed E-state index contributed by atoms with van der Waals surface area (Å²) < 4.78 is 0. The molecule has 0 aliphatic rings. The zero-order chi connectivity index (χ0) is 12.4. The summed E-state index contributed by atoms with van der Waals surface area (Å²) in [7, 11) is 0. The van der Waals surface area contributed by atoms with E-state index >= 15 is 0 Å². The van der Waals surface area contributed by atoms with Crippen molar-refractivity contribution in [2.75, 3.05) is 0 Å². The third kappa shape index (κ3) is 2.45. The van der Waals surface area contributed by atoms with Gasteiger partial charge in [-0.3, -0.25) is 4.98 Å². The van der Waals surface area contributed by atoms with Crippen molar-refractivity contribution in [1.29, 1.82) is 0 Å². The van der Waals surface area contributed by atoms with Crippen LogP contribution in [0.15, 0.2) is 23.0 Å². The molecule has 1 unspecified atom stereocenters. The largest absolute Gasteiger partial charge is 0.504 e. The van der Waals surface area contributed by atoms with Crippen LogP contribution in [0.2, 0.25) is 0 Å². The zero-order valence-electron chi connectivity index (χ0n) is 8.84. The van der Waals surface area contributed by atoms with E-state index in [1.165, 1.54) is 12.1 Å². The number of nitrogens with one attached hydrogen (secondary N) is 2. The summed E-state index contributed by atoms with van der Waals surface area (Å²) in [4.78, 5) is 13.3. The van der Waals surface area contributed by atoms with Crippen LogP contribution in [0.25, 0.3) is 0 Å². The van der Waals surface area contributed by atoms with Gasteiger partial charge < -0.3 is 15.9 Å². The van der Waals surface area contributed by atoms with E-state index in [0.717, 1.165) is 5.56 Å². The first-order chi connectivity index (χ1) is 8.06. The second-order valence-corrected chi connectivity index (χ2v) is 3.70. The van der Waals surface area contributed by atoms with Crippen molar-refractivity contribution < 1.29 is 10.2 Å². The highest BCUT2D eigenvalue weighted by molar-refractivity contribution is 5.40. The molecule has 6 N–H and O–H groups in total. The van der Waals surface area contributed by atoms with E-state index in [2.05, 4.69) is 15.2 Å². The highest BCUT2D eigenvalue weighted by Gasteiger charge is 2.12. The number of aromatic amines is 2. The lowest BCUT2D eigenvalue weighted by Gasteiger charge is -2.08. The zero-order valence-corrected chi connectivity index (χ0v) is 8.84. The number of hydrogen-bond acceptors (Lipinski definition) is 5. The van der Waals surface area contributed by atoms with Gasteiger partial charge in [0.2, 0.25) is 0 Å². The second kappa shape index (κ2) is 4.30. The molecule has 0 bridgehead atoms. The summed E-state index contributed by atoms with van der Waals surface area (Å²) >= 11 is 0. The normalized spacial score (nSPS) is 12.5. The van der Waals surface area contributed by atoms with Gasteiger partial charge in [0.25, 0.3) is 0 Å². The van der Waals surface area contributed by atoms with E-state index in [1.807, 2.05) is 0 Å². The van der Waals surface area contributed by atoms with E-state index < -0.39 is 11.7 Å². The predicted octanol–water partition coefficient (Wildman–Crippen LogP) is -0.248. The number of rotatable bonds is 3. The Kier molecular flexibility index (Phi) is 2.84. The molecule has 1 atom stereocenters. The maximum Gasteiger partial charge on any atom is 0.340 e. The minimum Gasteiger partial charge on any atom is -0.504 e. The van der Waals surface area contributed by atoms with E-state index in [1.54, 1.807) is 6.07 Å². The number of nitrogens with zero attached hydrogens (tertiary/aromatic N) is 1. The van der Waals surface area contributed by atoms with Crippen molar-refractivity contribution in [2.24, 2.45) is 5.73 Å². The van der Waals surface area contributed by atoms with Gasteiger partial charge in [0.15, 0.2) is 11.5 Å². The lowest BCUT2D eigenvalue weighted by Crippen LogP contribution is -2.16. The quantitative estimate of drug-likeness (QED) is 0.469.